The van der Waals surface area contributed by atoms with E-state index in [0.29, 0.717) is 11.4 Å². The molecule has 3 rings (SSSR count). The van der Waals surface area contributed by atoms with E-state index in [1.807, 2.05) is 62.3 Å². The number of hydrogen-bond acceptors (Lipinski definition) is 6. The Bertz CT molecular complexity index is 1330. The largest absolute Gasteiger partial charge is 0.363 e. The van der Waals surface area contributed by atoms with Gasteiger partial charge in [-0.15, -0.1) is 0 Å². The molecular formula is C28H31N7O4. The van der Waals surface area contributed by atoms with E-state index >= 15 is 0 Å². The number of nitrogens with one attached hydrogen (secondary N) is 2. The Kier molecular flexibility index (Phi) is 9.11. The molecule has 0 spiro atoms. The van der Waals surface area contributed by atoms with Crippen LogP contribution in [0.5, 0.6) is 0 Å². The first kappa shape index (κ1) is 28.5. The molecular weight excluding hydrogens is 498 g/mol. The second-order valence-corrected chi connectivity index (χ2v) is 8.97. The Morgan fingerprint density at radius 1 is 0.667 bits per heavy atom. The number of non-ortho nitro benzene ring substituents is 1. The van der Waals surface area contributed by atoms with E-state index in [9.17, 15) is 19.7 Å². The van der Waals surface area contributed by atoms with E-state index < -0.39 is 16.7 Å². The molecule has 0 atom stereocenters. The topological polar surface area (TPSA) is 133 Å². The number of anilines is 2. The maximum atomic E-state index is 13.0. The maximum absolute atomic E-state index is 13.0. The molecule has 0 aliphatic heterocycles. The second kappa shape index (κ2) is 12.5. The van der Waals surface area contributed by atoms with Crippen molar-refractivity contribution in [1.29, 1.82) is 0 Å². The van der Waals surface area contributed by atoms with Crippen LogP contribution < -0.4 is 10.6 Å². The molecule has 0 saturated heterocycles. The number of rotatable bonds is 7. The molecule has 3 aromatic carbocycles. The van der Waals surface area contributed by atoms with E-state index in [2.05, 4.69) is 20.6 Å². The average molecular weight is 530 g/mol. The molecule has 39 heavy (non-hydrogen) atoms. The van der Waals surface area contributed by atoms with Crippen LogP contribution in [0.25, 0.3) is 0 Å². The zero-order valence-corrected chi connectivity index (χ0v) is 22.7. The van der Waals surface area contributed by atoms with Crippen molar-refractivity contribution in [3.63, 3.8) is 0 Å². The lowest BCUT2D eigenvalue weighted by molar-refractivity contribution is -0.384. The van der Waals surface area contributed by atoms with Crippen molar-refractivity contribution >= 4 is 40.5 Å². The van der Waals surface area contributed by atoms with Gasteiger partial charge in [0.25, 0.3) is 17.5 Å². The first-order valence-electron chi connectivity index (χ1n) is 11.9. The zero-order chi connectivity index (χ0) is 28.7. The van der Waals surface area contributed by atoms with E-state index in [0.717, 1.165) is 34.9 Å². The molecule has 3 aromatic rings. The minimum atomic E-state index is -0.642. The Labute approximate surface area is 227 Å². The van der Waals surface area contributed by atoms with Gasteiger partial charge >= 0.3 is 0 Å². The predicted molar refractivity (Wildman–Crippen MR) is 154 cm³/mol. The lowest BCUT2D eigenvalue weighted by Gasteiger charge is -2.16. The molecule has 0 aromatic heterocycles. The zero-order valence-electron chi connectivity index (χ0n) is 22.7. The molecule has 0 aliphatic carbocycles. The van der Waals surface area contributed by atoms with Crippen molar-refractivity contribution in [1.82, 2.24) is 9.80 Å². The summed E-state index contributed by atoms with van der Waals surface area (Å²) in [5, 5.41) is 17.0. The summed E-state index contributed by atoms with van der Waals surface area (Å²) in [7, 11) is 10.9. The molecule has 202 valence electrons. The summed E-state index contributed by atoms with van der Waals surface area (Å²) in [5.74, 6) is 0.371. The summed E-state index contributed by atoms with van der Waals surface area (Å²) in [6.45, 7) is 0. The van der Waals surface area contributed by atoms with E-state index in [1.165, 1.54) is 6.07 Å². The van der Waals surface area contributed by atoms with Gasteiger partial charge in [-0.1, -0.05) is 0 Å². The fourth-order valence-electron chi connectivity index (χ4n) is 3.97. The number of carbonyl (C=O) groups is 2. The molecule has 0 fully saturated rings. The van der Waals surface area contributed by atoms with Crippen LogP contribution in [-0.4, -0.2) is 80.5 Å². The van der Waals surface area contributed by atoms with Crippen LogP contribution in [0.4, 0.5) is 17.1 Å². The van der Waals surface area contributed by atoms with Crippen LogP contribution in [0.2, 0.25) is 0 Å². The van der Waals surface area contributed by atoms with Gasteiger partial charge in [0.05, 0.1) is 4.92 Å². The summed E-state index contributed by atoms with van der Waals surface area (Å²) in [5.41, 5.74) is 2.29. The SMILES string of the molecule is CN=C(c1ccc(NC(=O)c2cc(C(=O)Nc3ccc(C(=NC)N(C)C)cc3)cc([N+](=O)[O-])c2)cc1)N(C)C. The standard InChI is InChI=1S/C28H31N7O4/c1-29-25(33(3)4)18-7-11-22(12-8-18)31-27(36)20-15-21(17-24(16-20)35(38)39)28(37)32-23-13-9-19(10-14-23)26(30-2)34(5)6/h7-17H,1-6H3,(H,31,36)(H,32,37). The number of amidine groups is 2. The smallest absolute Gasteiger partial charge is 0.271 e. The molecule has 0 heterocycles. The van der Waals surface area contributed by atoms with Crippen molar-refractivity contribution in [3.8, 4) is 0 Å². The van der Waals surface area contributed by atoms with Gasteiger partial charge in [0, 0.05) is 88.0 Å². The summed E-state index contributed by atoms with van der Waals surface area (Å²) in [6, 6.07) is 17.7. The third-order valence-electron chi connectivity index (χ3n) is 5.73. The number of carbonyl (C=O) groups excluding carboxylic acids is 2. The molecule has 11 heteroatoms. The van der Waals surface area contributed by atoms with Gasteiger partial charge in [-0.05, 0) is 54.6 Å². The maximum Gasteiger partial charge on any atom is 0.271 e. The van der Waals surface area contributed by atoms with Gasteiger partial charge < -0.3 is 20.4 Å². The fourth-order valence-corrected chi connectivity index (χ4v) is 3.97. The van der Waals surface area contributed by atoms with Crippen molar-refractivity contribution < 1.29 is 14.5 Å². The third-order valence-corrected chi connectivity index (χ3v) is 5.73. The minimum absolute atomic E-state index is 0.0207. The Balaban J connectivity index is 1.81. The minimum Gasteiger partial charge on any atom is -0.363 e. The molecule has 0 aliphatic rings. The van der Waals surface area contributed by atoms with E-state index in [1.54, 1.807) is 38.4 Å². The highest BCUT2D eigenvalue weighted by atomic mass is 16.6. The predicted octanol–water partition coefficient (Wildman–Crippen LogP) is 3.98. The van der Waals surface area contributed by atoms with Gasteiger partial charge in [0.1, 0.15) is 11.7 Å². The highest BCUT2D eigenvalue weighted by Gasteiger charge is 2.19. The molecule has 2 amide bonds. The lowest BCUT2D eigenvalue weighted by Crippen LogP contribution is -2.23. The Hall–Kier alpha value is -5.06. The summed E-state index contributed by atoms with van der Waals surface area (Å²) in [4.78, 5) is 49.1. The van der Waals surface area contributed by atoms with Gasteiger partial charge in [-0.3, -0.25) is 29.7 Å². The Morgan fingerprint density at radius 3 is 1.31 bits per heavy atom. The monoisotopic (exact) mass is 529 g/mol. The van der Waals surface area contributed by atoms with E-state index in [-0.39, 0.29) is 16.8 Å². The number of hydrogen-bond donors (Lipinski definition) is 2. The molecule has 11 nitrogen and oxygen atoms in total. The summed E-state index contributed by atoms with van der Waals surface area (Å²) in [6.07, 6.45) is 0. The van der Waals surface area contributed by atoms with Crippen LogP contribution in [0, 0.1) is 10.1 Å². The van der Waals surface area contributed by atoms with Crippen LogP contribution in [0.1, 0.15) is 31.8 Å². The fraction of sp³-hybridized carbons (Fsp3) is 0.214. The van der Waals surface area contributed by atoms with Crippen molar-refractivity contribution in [2.75, 3.05) is 52.9 Å². The Morgan fingerprint density at radius 2 is 1.03 bits per heavy atom. The number of nitro benzene ring substituents is 1. The lowest BCUT2D eigenvalue weighted by atomic mass is 10.1. The molecule has 0 unspecified atom stereocenters. The number of nitrogens with zero attached hydrogens (tertiary/aromatic N) is 5. The van der Waals surface area contributed by atoms with Crippen molar-refractivity contribution in [2.24, 2.45) is 9.98 Å². The molecule has 0 bridgehead atoms. The first-order valence-corrected chi connectivity index (χ1v) is 11.9. The molecule has 2 N–H and O–H groups in total. The number of nitro groups is 1. The number of amides is 2. The highest BCUT2D eigenvalue weighted by Crippen LogP contribution is 2.21. The normalized spacial score (nSPS) is 11.5. The number of aliphatic imine (C=N–C) groups is 2. The second-order valence-electron chi connectivity index (χ2n) is 8.97. The molecule has 0 radical (unpaired) electrons. The van der Waals surface area contributed by atoms with E-state index in [4.69, 9.17) is 0 Å². The quantitative estimate of drug-likeness (QED) is 0.206. The summed E-state index contributed by atoms with van der Waals surface area (Å²) >= 11 is 0. The van der Waals surface area contributed by atoms with Crippen LogP contribution >= 0.6 is 0 Å². The van der Waals surface area contributed by atoms with Gasteiger partial charge in [0.15, 0.2) is 0 Å². The number of benzene rings is 3. The van der Waals surface area contributed by atoms with Crippen LogP contribution in [0.15, 0.2) is 76.7 Å². The summed E-state index contributed by atoms with van der Waals surface area (Å²) < 4.78 is 0. The van der Waals surface area contributed by atoms with Crippen molar-refractivity contribution in [3.05, 3.63) is 99.1 Å². The highest BCUT2D eigenvalue weighted by molar-refractivity contribution is 6.10. The van der Waals surface area contributed by atoms with Gasteiger partial charge in [0.2, 0.25) is 0 Å². The third kappa shape index (κ3) is 7.04. The van der Waals surface area contributed by atoms with Crippen molar-refractivity contribution in [2.45, 2.75) is 0 Å². The van der Waals surface area contributed by atoms with Gasteiger partial charge in [-0.2, -0.15) is 0 Å². The van der Waals surface area contributed by atoms with Crippen LogP contribution in [-0.2, 0) is 0 Å². The first-order chi connectivity index (χ1) is 18.5. The average Bonchev–Trinajstić information content (AvgIpc) is 2.90. The van der Waals surface area contributed by atoms with Crippen LogP contribution in [0.3, 0.4) is 0 Å². The molecule has 0 saturated carbocycles. The van der Waals surface area contributed by atoms with Gasteiger partial charge in [-0.25, -0.2) is 0 Å².